The zero-order valence-corrected chi connectivity index (χ0v) is 16.6. The number of aromatic nitrogens is 2. The number of carbonyl (C=O) groups is 1. The normalized spacial score (nSPS) is 10.5. The van der Waals surface area contributed by atoms with Crippen LogP contribution in [0.3, 0.4) is 0 Å². The standard InChI is InChI=1S/C22H23FN4O2/c1-14-4-9-20(29-3)18(12-14)26-21(28)19-13-15(2)25-22(27-19)24-11-10-16-5-7-17(23)8-6-16/h4-9,12-13H,10-11H2,1-3H3,(H,26,28)(H,24,25,27). The van der Waals surface area contributed by atoms with Crippen LogP contribution in [0.5, 0.6) is 5.75 Å². The molecule has 2 aromatic carbocycles. The molecule has 1 amide bonds. The lowest BCUT2D eigenvalue weighted by Gasteiger charge is -2.12. The fraction of sp³-hybridized carbons (Fsp3) is 0.227. The van der Waals surface area contributed by atoms with Crippen LogP contribution in [0.2, 0.25) is 0 Å². The molecule has 0 aliphatic heterocycles. The van der Waals surface area contributed by atoms with Gasteiger partial charge in [-0.25, -0.2) is 14.4 Å². The number of nitrogens with zero attached hydrogens (tertiary/aromatic N) is 2. The summed E-state index contributed by atoms with van der Waals surface area (Å²) >= 11 is 0. The topological polar surface area (TPSA) is 76.1 Å². The first kappa shape index (κ1) is 20.3. The summed E-state index contributed by atoms with van der Waals surface area (Å²) in [6.07, 6.45) is 0.680. The molecular formula is C22H23FN4O2. The van der Waals surface area contributed by atoms with Gasteiger partial charge in [-0.05, 0) is 61.7 Å². The summed E-state index contributed by atoms with van der Waals surface area (Å²) in [7, 11) is 1.55. The molecule has 0 radical (unpaired) electrons. The highest BCUT2D eigenvalue weighted by Gasteiger charge is 2.13. The largest absolute Gasteiger partial charge is 0.495 e. The van der Waals surface area contributed by atoms with Gasteiger partial charge in [0.05, 0.1) is 12.8 Å². The molecule has 0 spiro atoms. The monoisotopic (exact) mass is 394 g/mol. The van der Waals surface area contributed by atoms with Crippen molar-refractivity contribution in [1.82, 2.24) is 9.97 Å². The number of aryl methyl sites for hydroxylation is 2. The van der Waals surface area contributed by atoms with Crippen LogP contribution in [0.4, 0.5) is 16.0 Å². The minimum atomic E-state index is -0.346. The van der Waals surface area contributed by atoms with Gasteiger partial charge in [0.15, 0.2) is 0 Å². The lowest BCUT2D eigenvalue weighted by atomic mass is 10.1. The van der Waals surface area contributed by atoms with Crippen molar-refractivity contribution >= 4 is 17.5 Å². The molecule has 0 atom stereocenters. The van der Waals surface area contributed by atoms with Crippen molar-refractivity contribution in [2.45, 2.75) is 20.3 Å². The fourth-order valence-electron chi connectivity index (χ4n) is 2.84. The Morgan fingerprint density at radius 3 is 2.55 bits per heavy atom. The fourth-order valence-corrected chi connectivity index (χ4v) is 2.84. The van der Waals surface area contributed by atoms with E-state index < -0.39 is 0 Å². The Balaban J connectivity index is 1.68. The van der Waals surface area contributed by atoms with Gasteiger partial charge in [0, 0.05) is 12.2 Å². The first-order valence-electron chi connectivity index (χ1n) is 9.24. The molecule has 150 valence electrons. The smallest absolute Gasteiger partial charge is 0.274 e. The van der Waals surface area contributed by atoms with Crippen molar-refractivity contribution in [3.63, 3.8) is 0 Å². The number of carbonyl (C=O) groups excluding carboxylic acids is 1. The van der Waals surface area contributed by atoms with Crippen LogP contribution in [-0.4, -0.2) is 29.5 Å². The predicted molar refractivity (Wildman–Crippen MR) is 111 cm³/mol. The van der Waals surface area contributed by atoms with Crippen molar-refractivity contribution in [2.24, 2.45) is 0 Å². The molecule has 0 saturated carbocycles. The minimum Gasteiger partial charge on any atom is -0.495 e. The third kappa shape index (κ3) is 5.51. The predicted octanol–water partition coefficient (Wildman–Crippen LogP) is 4.15. The number of amides is 1. The molecule has 29 heavy (non-hydrogen) atoms. The summed E-state index contributed by atoms with van der Waals surface area (Å²) in [6.45, 7) is 4.30. The summed E-state index contributed by atoms with van der Waals surface area (Å²) in [5.41, 5.74) is 3.51. The van der Waals surface area contributed by atoms with Gasteiger partial charge in [-0.15, -0.1) is 0 Å². The van der Waals surface area contributed by atoms with E-state index in [-0.39, 0.29) is 17.4 Å². The van der Waals surface area contributed by atoms with E-state index in [1.807, 2.05) is 19.1 Å². The molecule has 1 aromatic heterocycles. The lowest BCUT2D eigenvalue weighted by molar-refractivity contribution is 0.102. The van der Waals surface area contributed by atoms with E-state index in [0.717, 1.165) is 11.1 Å². The first-order valence-corrected chi connectivity index (χ1v) is 9.24. The van der Waals surface area contributed by atoms with Crippen LogP contribution in [0.15, 0.2) is 48.5 Å². The van der Waals surface area contributed by atoms with E-state index in [2.05, 4.69) is 20.6 Å². The number of halogens is 1. The average molecular weight is 394 g/mol. The van der Waals surface area contributed by atoms with E-state index in [1.165, 1.54) is 12.1 Å². The number of anilines is 2. The molecule has 7 heteroatoms. The Kier molecular flexibility index (Phi) is 6.39. The van der Waals surface area contributed by atoms with Crippen molar-refractivity contribution < 1.29 is 13.9 Å². The maximum Gasteiger partial charge on any atom is 0.274 e. The van der Waals surface area contributed by atoms with Gasteiger partial charge in [-0.2, -0.15) is 0 Å². The first-order chi connectivity index (χ1) is 13.9. The molecule has 0 saturated heterocycles. The van der Waals surface area contributed by atoms with Crippen LogP contribution in [-0.2, 0) is 6.42 Å². The van der Waals surface area contributed by atoms with Crippen LogP contribution in [0.1, 0.15) is 27.3 Å². The summed E-state index contributed by atoms with van der Waals surface area (Å²) in [5, 5.41) is 5.96. The Bertz CT molecular complexity index is 1010. The Morgan fingerprint density at radius 2 is 1.83 bits per heavy atom. The second-order valence-corrected chi connectivity index (χ2v) is 6.68. The Labute approximate surface area is 169 Å². The molecule has 2 N–H and O–H groups in total. The highest BCUT2D eigenvalue weighted by atomic mass is 19.1. The van der Waals surface area contributed by atoms with Gasteiger partial charge < -0.3 is 15.4 Å². The van der Waals surface area contributed by atoms with Gasteiger partial charge in [0.1, 0.15) is 17.3 Å². The molecular weight excluding hydrogens is 371 g/mol. The van der Waals surface area contributed by atoms with Crippen molar-refractivity contribution in [3.05, 3.63) is 76.9 Å². The summed E-state index contributed by atoms with van der Waals surface area (Å²) in [6, 6.07) is 13.5. The zero-order valence-electron chi connectivity index (χ0n) is 16.6. The quantitative estimate of drug-likeness (QED) is 0.630. The van der Waals surface area contributed by atoms with Crippen molar-refractivity contribution in [1.29, 1.82) is 0 Å². The maximum atomic E-state index is 13.0. The summed E-state index contributed by atoms with van der Waals surface area (Å²) < 4.78 is 18.3. The number of hydrogen-bond acceptors (Lipinski definition) is 5. The van der Waals surface area contributed by atoms with E-state index in [1.54, 1.807) is 38.3 Å². The van der Waals surface area contributed by atoms with Crippen molar-refractivity contribution in [3.8, 4) is 5.75 Å². The molecule has 6 nitrogen and oxygen atoms in total. The SMILES string of the molecule is COc1ccc(C)cc1NC(=O)c1cc(C)nc(NCCc2ccc(F)cc2)n1. The number of rotatable bonds is 7. The average Bonchev–Trinajstić information content (AvgIpc) is 2.69. The van der Waals surface area contributed by atoms with Gasteiger partial charge in [0.2, 0.25) is 5.95 Å². The molecule has 0 aliphatic carbocycles. The third-order valence-electron chi connectivity index (χ3n) is 4.30. The van der Waals surface area contributed by atoms with Gasteiger partial charge in [-0.3, -0.25) is 4.79 Å². The highest BCUT2D eigenvalue weighted by Crippen LogP contribution is 2.25. The molecule has 0 aliphatic rings. The second-order valence-electron chi connectivity index (χ2n) is 6.68. The van der Waals surface area contributed by atoms with Crippen LogP contribution in [0.25, 0.3) is 0 Å². The number of ether oxygens (including phenoxy) is 1. The second kappa shape index (κ2) is 9.14. The highest BCUT2D eigenvalue weighted by molar-refractivity contribution is 6.04. The Hall–Kier alpha value is -3.48. The molecule has 1 heterocycles. The van der Waals surface area contributed by atoms with Gasteiger partial charge in [-0.1, -0.05) is 18.2 Å². The summed E-state index contributed by atoms with van der Waals surface area (Å²) in [5.74, 6) is 0.339. The molecule has 3 rings (SSSR count). The number of benzene rings is 2. The lowest BCUT2D eigenvalue weighted by Crippen LogP contribution is -2.17. The van der Waals surface area contributed by atoms with E-state index in [9.17, 15) is 9.18 Å². The van der Waals surface area contributed by atoms with Crippen LogP contribution in [0, 0.1) is 19.7 Å². The molecule has 0 unspecified atom stereocenters. The number of hydrogen-bond donors (Lipinski definition) is 2. The third-order valence-corrected chi connectivity index (χ3v) is 4.30. The van der Waals surface area contributed by atoms with Crippen LogP contribution >= 0.6 is 0 Å². The Morgan fingerprint density at radius 1 is 1.07 bits per heavy atom. The number of methoxy groups -OCH3 is 1. The summed E-state index contributed by atoms with van der Waals surface area (Å²) in [4.78, 5) is 21.4. The van der Waals surface area contributed by atoms with E-state index >= 15 is 0 Å². The van der Waals surface area contributed by atoms with Crippen LogP contribution < -0.4 is 15.4 Å². The maximum absolute atomic E-state index is 13.0. The molecule has 0 bridgehead atoms. The van der Waals surface area contributed by atoms with Gasteiger partial charge in [0.25, 0.3) is 5.91 Å². The molecule has 0 fully saturated rings. The van der Waals surface area contributed by atoms with E-state index in [0.29, 0.717) is 36.0 Å². The van der Waals surface area contributed by atoms with Gasteiger partial charge >= 0.3 is 0 Å². The number of nitrogens with one attached hydrogen (secondary N) is 2. The van der Waals surface area contributed by atoms with Crippen molar-refractivity contribution in [2.75, 3.05) is 24.3 Å². The van der Waals surface area contributed by atoms with E-state index in [4.69, 9.17) is 4.74 Å². The molecule has 3 aromatic rings. The minimum absolute atomic E-state index is 0.255. The zero-order chi connectivity index (χ0) is 20.8.